The molecule has 1 N–H and O–H groups in total. The van der Waals surface area contributed by atoms with Gasteiger partial charge in [-0.25, -0.2) is 0 Å². The highest BCUT2D eigenvalue weighted by Crippen LogP contribution is 2.36. The first-order valence-electron chi connectivity index (χ1n) is 5.11. The summed E-state index contributed by atoms with van der Waals surface area (Å²) in [5, 5.41) is 4.35. The van der Waals surface area contributed by atoms with Gasteiger partial charge in [-0.05, 0) is 24.1 Å². The first-order valence-corrected chi connectivity index (χ1v) is 5.49. The van der Waals surface area contributed by atoms with Crippen molar-refractivity contribution in [2.75, 3.05) is 24.5 Å². The summed E-state index contributed by atoms with van der Waals surface area (Å²) >= 11 is 6.19. The van der Waals surface area contributed by atoms with Crippen LogP contribution in [0.15, 0.2) is 18.2 Å². The molecule has 0 amide bonds. The quantitative estimate of drug-likeness (QED) is 0.698. The Labute approximate surface area is 88.9 Å². The van der Waals surface area contributed by atoms with Gasteiger partial charge in [0.15, 0.2) is 0 Å². The van der Waals surface area contributed by atoms with Crippen LogP contribution in [0.1, 0.15) is 5.56 Å². The lowest BCUT2D eigenvalue weighted by Gasteiger charge is -2.32. The molecule has 1 fully saturated rings. The summed E-state index contributed by atoms with van der Waals surface area (Å²) in [6.45, 7) is 3.28. The highest BCUT2D eigenvalue weighted by atomic mass is 35.5. The number of nitrogens with one attached hydrogen (secondary N) is 1. The second kappa shape index (κ2) is 3.14. The zero-order chi connectivity index (χ0) is 9.54. The van der Waals surface area contributed by atoms with Gasteiger partial charge in [0.25, 0.3) is 0 Å². The maximum atomic E-state index is 6.19. The molecule has 3 heteroatoms. The summed E-state index contributed by atoms with van der Waals surface area (Å²) in [6, 6.07) is 6.85. The van der Waals surface area contributed by atoms with E-state index in [9.17, 15) is 0 Å². The largest absolute Gasteiger partial charge is 0.365 e. The van der Waals surface area contributed by atoms with E-state index in [0.29, 0.717) is 6.04 Å². The van der Waals surface area contributed by atoms with Crippen LogP contribution in [0, 0.1) is 0 Å². The summed E-state index contributed by atoms with van der Waals surface area (Å²) in [4.78, 5) is 2.48. The van der Waals surface area contributed by atoms with Gasteiger partial charge in [0.2, 0.25) is 0 Å². The predicted octanol–water partition coefficient (Wildman–Crippen LogP) is 1.67. The maximum Gasteiger partial charge on any atom is 0.0459 e. The Morgan fingerprint density at radius 2 is 2.36 bits per heavy atom. The lowest BCUT2D eigenvalue weighted by atomic mass is 10.1. The molecular formula is C11H13ClN2. The van der Waals surface area contributed by atoms with Crippen molar-refractivity contribution in [3.05, 3.63) is 28.8 Å². The van der Waals surface area contributed by atoms with Crippen LogP contribution in [0.3, 0.4) is 0 Å². The SMILES string of the molecule is Clc1cccc2c1CC1CNCCN21. The van der Waals surface area contributed by atoms with Crippen molar-refractivity contribution in [2.45, 2.75) is 12.5 Å². The molecule has 14 heavy (non-hydrogen) atoms. The van der Waals surface area contributed by atoms with Crippen molar-refractivity contribution in [1.82, 2.24) is 5.32 Å². The summed E-state index contributed by atoms with van der Waals surface area (Å²) in [5.41, 5.74) is 2.69. The predicted molar refractivity (Wildman–Crippen MR) is 59.2 cm³/mol. The monoisotopic (exact) mass is 208 g/mol. The molecule has 1 atom stereocenters. The normalized spacial score (nSPS) is 24.6. The number of nitrogens with zero attached hydrogens (tertiary/aromatic N) is 1. The highest BCUT2D eigenvalue weighted by Gasteiger charge is 2.31. The number of benzene rings is 1. The van der Waals surface area contributed by atoms with E-state index in [1.54, 1.807) is 0 Å². The summed E-state index contributed by atoms with van der Waals surface area (Å²) in [6.07, 6.45) is 1.10. The molecule has 0 spiro atoms. The standard InChI is InChI=1S/C11H13ClN2/c12-10-2-1-3-11-9(10)6-8-7-13-4-5-14(8)11/h1-3,8,13H,4-7H2. The summed E-state index contributed by atoms with van der Waals surface area (Å²) in [5.74, 6) is 0. The molecule has 1 aromatic rings. The number of fused-ring (bicyclic) bond motifs is 3. The minimum Gasteiger partial charge on any atom is -0.365 e. The molecular weight excluding hydrogens is 196 g/mol. The van der Waals surface area contributed by atoms with Crippen molar-refractivity contribution < 1.29 is 0 Å². The van der Waals surface area contributed by atoms with Crippen LogP contribution >= 0.6 is 11.6 Å². The Balaban J connectivity index is 2.05. The Hall–Kier alpha value is -0.730. The van der Waals surface area contributed by atoms with E-state index in [-0.39, 0.29) is 0 Å². The first-order chi connectivity index (χ1) is 6.86. The van der Waals surface area contributed by atoms with Gasteiger partial charge in [0.1, 0.15) is 0 Å². The first kappa shape index (κ1) is 8.57. The van der Waals surface area contributed by atoms with E-state index in [1.165, 1.54) is 11.3 Å². The molecule has 2 aliphatic heterocycles. The molecule has 0 saturated carbocycles. The van der Waals surface area contributed by atoms with E-state index < -0.39 is 0 Å². The van der Waals surface area contributed by atoms with Crippen molar-refractivity contribution in [3.8, 4) is 0 Å². The topological polar surface area (TPSA) is 15.3 Å². The average Bonchev–Trinajstić information content (AvgIpc) is 2.59. The van der Waals surface area contributed by atoms with E-state index in [1.807, 2.05) is 12.1 Å². The Kier molecular flexibility index (Phi) is 1.92. The fourth-order valence-corrected chi connectivity index (χ4v) is 2.76. The minimum atomic E-state index is 0.624. The third-order valence-electron chi connectivity index (χ3n) is 3.19. The fourth-order valence-electron chi connectivity index (χ4n) is 2.51. The fraction of sp³-hybridized carbons (Fsp3) is 0.455. The molecule has 1 aromatic carbocycles. The highest BCUT2D eigenvalue weighted by molar-refractivity contribution is 6.31. The van der Waals surface area contributed by atoms with Crippen LogP contribution in [0.4, 0.5) is 5.69 Å². The van der Waals surface area contributed by atoms with Crippen LogP contribution < -0.4 is 10.2 Å². The van der Waals surface area contributed by atoms with Crippen LogP contribution in [-0.4, -0.2) is 25.7 Å². The van der Waals surface area contributed by atoms with Crippen molar-refractivity contribution in [1.29, 1.82) is 0 Å². The lowest BCUT2D eigenvalue weighted by Crippen LogP contribution is -2.49. The van der Waals surface area contributed by atoms with Gasteiger partial charge in [-0.1, -0.05) is 17.7 Å². The number of rotatable bonds is 0. The molecule has 2 aliphatic rings. The molecule has 3 rings (SSSR count). The minimum absolute atomic E-state index is 0.624. The van der Waals surface area contributed by atoms with Gasteiger partial charge in [0.05, 0.1) is 0 Å². The number of hydrogen-bond donors (Lipinski definition) is 1. The van der Waals surface area contributed by atoms with Crippen LogP contribution in [0.25, 0.3) is 0 Å². The van der Waals surface area contributed by atoms with E-state index in [2.05, 4.69) is 16.3 Å². The van der Waals surface area contributed by atoms with Crippen molar-refractivity contribution in [3.63, 3.8) is 0 Å². The van der Waals surface area contributed by atoms with Gasteiger partial charge >= 0.3 is 0 Å². The molecule has 0 radical (unpaired) electrons. The second-order valence-corrected chi connectivity index (χ2v) is 4.40. The molecule has 0 aliphatic carbocycles. The average molecular weight is 209 g/mol. The Morgan fingerprint density at radius 1 is 1.43 bits per heavy atom. The van der Waals surface area contributed by atoms with Gasteiger partial charge in [-0.15, -0.1) is 0 Å². The smallest absolute Gasteiger partial charge is 0.0459 e. The molecule has 0 aromatic heterocycles. The third-order valence-corrected chi connectivity index (χ3v) is 3.55. The third kappa shape index (κ3) is 1.14. The maximum absolute atomic E-state index is 6.19. The van der Waals surface area contributed by atoms with Gasteiger partial charge < -0.3 is 10.2 Å². The van der Waals surface area contributed by atoms with Crippen molar-refractivity contribution >= 4 is 17.3 Å². The molecule has 2 nitrogen and oxygen atoms in total. The molecule has 0 bridgehead atoms. The van der Waals surface area contributed by atoms with E-state index in [4.69, 9.17) is 11.6 Å². The number of piperazine rings is 1. The van der Waals surface area contributed by atoms with Gasteiger partial charge in [-0.3, -0.25) is 0 Å². The zero-order valence-electron chi connectivity index (χ0n) is 7.96. The summed E-state index contributed by atoms with van der Waals surface area (Å²) < 4.78 is 0. The molecule has 1 unspecified atom stereocenters. The van der Waals surface area contributed by atoms with Crippen molar-refractivity contribution in [2.24, 2.45) is 0 Å². The molecule has 74 valence electrons. The molecule has 1 saturated heterocycles. The van der Waals surface area contributed by atoms with Gasteiger partial charge in [-0.2, -0.15) is 0 Å². The van der Waals surface area contributed by atoms with Gasteiger partial charge in [0, 0.05) is 36.4 Å². The van der Waals surface area contributed by atoms with Crippen LogP contribution in [0.5, 0.6) is 0 Å². The lowest BCUT2D eigenvalue weighted by molar-refractivity contribution is 0.495. The number of hydrogen-bond acceptors (Lipinski definition) is 2. The second-order valence-electron chi connectivity index (χ2n) is 3.99. The number of anilines is 1. The zero-order valence-corrected chi connectivity index (χ0v) is 8.72. The van der Waals surface area contributed by atoms with E-state index >= 15 is 0 Å². The van der Waals surface area contributed by atoms with Crippen LogP contribution in [-0.2, 0) is 6.42 Å². The van der Waals surface area contributed by atoms with Crippen LogP contribution in [0.2, 0.25) is 5.02 Å². The van der Waals surface area contributed by atoms with E-state index in [0.717, 1.165) is 31.1 Å². The Bertz CT molecular complexity index is 364. The molecule has 2 heterocycles. The summed E-state index contributed by atoms with van der Waals surface area (Å²) in [7, 11) is 0. The number of halogens is 1. The Morgan fingerprint density at radius 3 is 3.29 bits per heavy atom.